The van der Waals surface area contributed by atoms with Crippen LogP contribution in [0.1, 0.15) is 73.0 Å². The number of carbonyl (C=O) groups is 4. The molecule has 4 aliphatic rings. The summed E-state index contributed by atoms with van der Waals surface area (Å²) in [4.78, 5) is 80.1. The van der Waals surface area contributed by atoms with E-state index in [0.29, 0.717) is 145 Å². The molecule has 2 bridgehead atoms. The van der Waals surface area contributed by atoms with Crippen LogP contribution in [0.4, 0.5) is 47.1 Å². The number of amides is 3. The molecule has 2 aliphatic carbocycles. The van der Waals surface area contributed by atoms with E-state index in [1.165, 1.54) is 48.1 Å². The predicted octanol–water partition coefficient (Wildman–Crippen LogP) is 10.4. The van der Waals surface area contributed by atoms with Gasteiger partial charge in [-0.15, -0.1) is 13.2 Å². The maximum atomic E-state index is 13.5. The summed E-state index contributed by atoms with van der Waals surface area (Å²) in [5, 5.41) is 25.2. The molecule has 3 amide bonds. The van der Waals surface area contributed by atoms with Crippen LogP contribution >= 0.6 is 22.9 Å². The molecule has 5 heterocycles. The lowest BCUT2D eigenvalue weighted by Gasteiger charge is -2.35. The Morgan fingerprint density at radius 3 is 2.14 bits per heavy atom. The highest BCUT2D eigenvalue weighted by molar-refractivity contribution is 7.17. The van der Waals surface area contributed by atoms with E-state index in [4.69, 9.17) is 40.3 Å². The van der Waals surface area contributed by atoms with Gasteiger partial charge in [0.05, 0.1) is 87.8 Å². The first kappa shape index (κ1) is 71.4. The molecule has 29 heteroatoms. The summed E-state index contributed by atoms with van der Waals surface area (Å²) < 4.78 is 70.4. The van der Waals surface area contributed by atoms with Crippen LogP contribution in [0.5, 0.6) is 5.75 Å². The minimum Gasteiger partial charge on any atom is -0.406 e. The van der Waals surface area contributed by atoms with Gasteiger partial charge in [-0.2, -0.15) is 10.2 Å². The number of fused-ring (bicyclic) bond motifs is 5. The smallest absolute Gasteiger partial charge is 0.406 e. The van der Waals surface area contributed by atoms with Gasteiger partial charge in [-0.3, -0.25) is 24.1 Å². The number of ether oxygens (including phenoxy) is 6. The van der Waals surface area contributed by atoms with Gasteiger partial charge in [0.25, 0.3) is 11.8 Å². The van der Waals surface area contributed by atoms with E-state index in [9.17, 15) is 32.3 Å². The lowest BCUT2D eigenvalue weighted by Crippen LogP contribution is -2.47. The highest BCUT2D eigenvalue weighted by Gasteiger charge is 2.56. The highest BCUT2D eigenvalue weighted by Crippen LogP contribution is 2.56. The van der Waals surface area contributed by atoms with E-state index in [1.54, 1.807) is 36.4 Å². The Balaban J connectivity index is 0.498. The number of aryl methyl sites for hydroxylation is 2. The normalized spacial score (nSPS) is 18.0. The standard InChI is InChI=1S/C70H78ClF3N14O10S/c1-44-7-3-12-56(71)64(44)85-68(92)59-42-77-69(99-59)84-61-40-62(82-45(2)81-61)88-22-20-87(21-23-88)24-28-96-32-34-97-33-31-95-27-19-76-67(91)54-38-50-37-53(54)55-41-80-86-65(63(50)55)48-10-5-9-47(36-48)58(89)13-6-25-93-29-30-94-26-18-75-66(90)49-11-4-8-46(35-49)57-39-60(79-43-78-57)83-51-14-16-52(17-15-51)98-70(72,73)74/h3-5,7-12,14-17,35-36,39-43,50,53-55,63H,6,13,18-34,37-38H2,1-2H3,(H,75,90)(H,76,91)(H,85,92)(H,78,79,83)(H,77,81,82,84)/t50-,53+,54?,55?,63?/m0/s1. The van der Waals surface area contributed by atoms with Crippen LogP contribution < -0.4 is 36.2 Å². The first-order chi connectivity index (χ1) is 48.1. The van der Waals surface area contributed by atoms with Crippen LogP contribution in [-0.2, 0) is 28.5 Å². The minimum atomic E-state index is -4.79. The second kappa shape index (κ2) is 34.8. The molecule has 5 atom stereocenters. The summed E-state index contributed by atoms with van der Waals surface area (Å²) in [6, 6.07) is 28.7. The Morgan fingerprint density at radius 2 is 1.38 bits per heavy atom. The average Bonchev–Trinajstić information content (AvgIpc) is 1.59. The number of ketones is 1. The van der Waals surface area contributed by atoms with Gasteiger partial charge < -0.3 is 59.9 Å². The molecule has 522 valence electrons. The third kappa shape index (κ3) is 20.2. The topological polar surface area (TPSA) is 279 Å². The number of aromatic nitrogens is 5. The molecule has 11 rings (SSSR count). The van der Waals surface area contributed by atoms with Crippen LogP contribution in [0, 0.1) is 43.4 Å². The number of benzene rings is 4. The zero-order valence-corrected chi connectivity index (χ0v) is 56.4. The van der Waals surface area contributed by atoms with Crippen molar-refractivity contribution in [1.82, 2.24) is 40.5 Å². The van der Waals surface area contributed by atoms with Gasteiger partial charge in [-0.25, -0.2) is 24.9 Å². The SMILES string of the molecule is Cc1nc(Nc2ncc(C(=O)Nc3c(C)cccc3Cl)s2)cc(N2CCN(CCOCCOCCOCCNC(=O)C3C[C@@H]4C[C@H]3C3C=NN=C(c5cccc(C(=O)CCCOCCOCCNC(=O)c6cccc(-c7cc(Nc8ccc(OC(F)(F)F)cc8)ncn7)c6)c5)C34)CC2)n1. The van der Waals surface area contributed by atoms with Crippen molar-refractivity contribution in [2.24, 2.45) is 39.8 Å². The monoisotopic (exact) mass is 1400 g/mol. The predicted molar refractivity (Wildman–Crippen MR) is 370 cm³/mol. The fourth-order valence-corrected chi connectivity index (χ4v) is 13.7. The second-order valence-corrected chi connectivity index (χ2v) is 25.6. The van der Waals surface area contributed by atoms with Gasteiger partial charge in [-0.05, 0) is 105 Å². The van der Waals surface area contributed by atoms with E-state index >= 15 is 0 Å². The summed E-state index contributed by atoms with van der Waals surface area (Å²) in [7, 11) is 0. The number of thiazole rings is 1. The minimum absolute atomic E-state index is 0.00214. The molecule has 24 nitrogen and oxygen atoms in total. The summed E-state index contributed by atoms with van der Waals surface area (Å²) in [6.07, 6.45) is 2.50. The summed E-state index contributed by atoms with van der Waals surface area (Å²) in [5.41, 5.74) is 5.85. The quantitative estimate of drug-likeness (QED) is 0.0182. The molecule has 4 aromatic carbocycles. The number of nitrogens with zero attached hydrogens (tertiary/aromatic N) is 9. The van der Waals surface area contributed by atoms with Gasteiger partial charge >= 0.3 is 6.36 Å². The third-order valence-corrected chi connectivity index (χ3v) is 18.7. The van der Waals surface area contributed by atoms with Crippen molar-refractivity contribution < 1.29 is 60.8 Å². The fourth-order valence-electron chi connectivity index (χ4n) is 12.7. The number of halogens is 4. The van der Waals surface area contributed by atoms with Gasteiger partial charge in [0, 0.05) is 117 Å². The molecule has 3 aromatic heterocycles. The molecular weight excluding hydrogens is 1320 g/mol. The molecular formula is C70H78ClF3N14O10S. The summed E-state index contributed by atoms with van der Waals surface area (Å²) in [6.45, 7) is 12.5. The van der Waals surface area contributed by atoms with Gasteiger partial charge in [0.15, 0.2) is 10.9 Å². The Morgan fingerprint density at radius 1 is 0.687 bits per heavy atom. The number of hydrogen-bond donors (Lipinski definition) is 5. The molecule has 2 aliphatic heterocycles. The molecule has 2 saturated carbocycles. The van der Waals surface area contributed by atoms with Gasteiger partial charge in [0.1, 0.15) is 40.2 Å². The lowest BCUT2D eigenvalue weighted by molar-refractivity contribution is -0.274. The third-order valence-electron chi connectivity index (χ3n) is 17.4. The van der Waals surface area contributed by atoms with Gasteiger partial charge in [-0.1, -0.05) is 65.4 Å². The average molecular weight is 1400 g/mol. The van der Waals surface area contributed by atoms with Crippen molar-refractivity contribution in [3.63, 3.8) is 0 Å². The molecule has 3 fully saturated rings. The molecule has 0 spiro atoms. The first-order valence-electron chi connectivity index (χ1n) is 32.9. The largest absolute Gasteiger partial charge is 0.573 e. The van der Waals surface area contributed by atoms with Crippen LogP contribution in [0.3, 0.4) is 0 Å². The van der Waals surface area contributed by atoms with Gasteiger partial charge in [0.2, 0.25) is 5.91 Å². The number of alkyl halides is 3. The Kier molecular flexibility index (Phi) is 25.1. The number of para-hydroxylation sites is 1. The van der Waals surface area contributed by atoms with E-state index in [0.717, 1.165) is 68.2 Å². The molecule has 3 unspecified atom stereocenters. The summed E-state index contributed by atoms with van der Waals surface area (Å²) >= 11 is 7.54. The van der Waals surface area contributed by atoms with Crippen LogP contribution in [0.25, 0.3) is 11.3 Å². The van der Waals surface area contributed by atoms with Crippen molar-refractivity contribution in [3.05, 3.63) is 154 Å². The second-order valence-electron chi connectivity index (χ2n) is 24.2. The Bertz CT molecular complexity index is 3950. The lowest BCUT2D eigenvalue weighted by atomic mass is 9.70. The molecule has 99 heavy (non-hydrogen) atoms. The number of nitrogens with one attached hydrogen (secondary N) is 5. The molecule has 5 N–H and O–H groups in total. The Labute approximate surface area is 579 Å². The number of carbonyl (C=O) groups excluding carboxylic acids is 4. The Hall–Kier alpha value is -8.87. The van der Waals surface area contributed by atoms with Crippen molar-refractivity contribution in [3.8, 4) is 17.0 Å². The van der Waals surface area contributed by atoms with Crippen molar-refractivity contribution in [2.45, 2.75) is 45.9 Å². The van der Waals surface area contributed by atoms with Crippen LogP contribution in [0.2, 0.25) is 5.02 Å². The maximum absolute atomic E-state index is 13.5. The number of Topliss-reactive ketones (excluding diaryl/α,β-unsaturated/α-hetero) is 1. The van der Waals surface area contributed by atoms with Crippen molar-refractivity contribution in [2.75, 3.05) is 133 Å². The van der Waals surface area contributed by atoms with E-state index in [2.05, 4.69) is 71.3 Å². The van der Waals surface area contributed by atoms with E-state index < -0.39 is 6.36 Å². The fraction of sp³-hybridized carbons (Fsp3) is 0.414. The zero-order valence-electron chi connectivity index (χ0n) is 54.8. The number of rotatable bonds is 35. The number of piperazine rings is 1. The van der Waals surface area contributed by atoms with Crippen LogP contribution in [-0.4, -0.2) is 183 Å². The summed E-state index contributed by atoms with van der Waals surface area (Å²) in [5.74, 6) is 2.05. The number of hydrogen-bond acceptors (Lipinski definition) is 22. The zero-order chi connectivity index (χ0) is 69.1. The number of anilines is 6. The van der Waals surface area contributed by atoms with Crippen LogP contribution in [0.15, 0.2) is 126 Å². The van der Waals surface area contributed by atoms with Crippen molar-refractivity contribution in [1.29, 1.82) is 0 Å². The molecule has 0 radical (unpaired) electrons. The maximum Gasteiger partial charge on any atom is 0.573 e. The molecule has 1 saturated heterocycles. The van der Waals surface area contributed by atoms with Crippen molar-refractivity contribution >= 4 is 92.3 Å². The first-order valence-corrected chi connectivity index (χ1v) is 34.1. The molecule has 7 aromatic rings. The highest BCUT2D eigenvalue weighted by atomic mass is 35.5. The van der Waals surface area contributed by atoms with E-state index in [1.807, 2.05) is 62.5 Å². The van der Waals surface area contributed by atoms with E-state index in [-0.39, 0.29) is 72.0 Å².